The number of pyridine rings is 1. The van der Waals surface area contributed by atoms with E-state index in [0.29, 0.717) is 0 Å². The quantitative estimate of drug-likeness (QED) is 0.409. The van der Waals surface area contributed by atoms with Gasteiger partial charge in [0.15, 0.2) is 12.4 Å². The molecule has 0 atom stereocenters. The molecule has 0 spiro atoms. The maximum atomic E-state index is 2.19. The zero-order valence-corrected chi connectivity index (χ0v) is 8.67. The first-order valence-corrected chi connectivity index (χ1v) is 5.18. The van der Waals surface area contributed by atoms with Crippen molar-refractivity contribution in [3.05, 3.63) is 30.1 Å². The second kappa shape index (κ2) is 3.51. The zero-order valence-electron chi connectivity index (χ0n) is 6.67. The van der Waals surface area contributed by atoms with Gasteiger partial charge in [0.25, 0.3) is 0 Å². The van der Waals surface area contributed by atoms with Gasteiger partial charge in [0.1, 0.15) is 7.05 Å². The summed E-state index contributed by atoms with van der Waals surface area (Å²) in [7, 11) is 3.38. The molecule has 0 aliphatic rings. The molecule has 1 aromatic rings. The van der Waals surface area contributed by atoms with Gasteiger partial charge in [0.2, 0.25) is 0 Å². The van der Waals surface area contributed by atoms with E-state index in [1.165, 1.54) is 28.3 Å². The van der Waals surface area contributed by atoms with Crippen LogP contribution in [0.5, 0.6) is 0 Å². The Labute approximate surface area is 65.1 Å². The topological polar surface area (TPSA) is 3.88 Å². The van der Waals surface area contributed by atoms with Gasteiger partial charge in [-0.1, -0.05) is 6.04 Å². The summed E-state index contributed by atoms with van der Waals surface area (Å²) >= 11 is 0. The fourth-order valence-electron chi connectivity index (χ4n) is 1.09. The Hall–Kier alpha value is -0.633. The van der Waals surface area contributed by atoms with E-state index >= 15 is 0 Å². The predicted octanol–water partition coefficient (Wildman–Crippen LogP) is -0.163. The molecule has 0 aliphatic carbocycles. The van der Waals surface area contributed by atoms with E-state index in [1.54, 1.807) is 0 Å². The monoisotopic (exact) mass is 152 g/mol. The molecule has 0 aromatic carbocycles. The molecule has 0 saturated heterocycles. The molecule has 10 heavy (non-hydrogen) atoms. The van der Waals surface area contributed by atoms with Gasteiger partial charge in [0.05, 0.1) is 0 Å². The number of hydrogen-bond donors (Lipinski definition) is 0. The number of rotatable bonds is 2. The summed E-state index contributed by atoms with van der Waals surface area (Å²) in [6.45, 7) is 0. The lowest BCUT2D eigenvalue weighted by atomic mass is 10.2. The summed E-state index contributed by atoms with van der Waals surface area (Å²) in [6.07, 6.45) is 5.51. The smallest absolute Gasteiger partial charge is 0.171 e. The van der Waals surface area contributed by atoms with E-state index < -0.39 is 0 Å². The molecule has 0 amide bonds. The standard InChI is InChI=1S/C8H14NSi/c1-9-5-2-3-8(7-9)4-6-10/h2-3,5,7H,4,6H2,1,10H3/q+1. The maximum Gasteiger partial charge on any atom is 0.171 e. The van der Waals surface area contributed by atoms with Gasteiger partial charge in [-0.3, -0.25) is 0 Å². The molecule has 0 radical (unpaired) electrons. The van der Waals surface area contributed by atoms with Crippen LogP contribution in [0.15, 0.2) is 24.5 Å². The largest absolute Gasteiger partial charge is 0.208 e. The second-order valence-electron chi connectivity index (χ2n) is 2.63. The van der Waals surface area contributed by atoms with Crippen LogP contribution in [0.4, 0.5) is 0 Å². The molecule has 0 saturated carbocycles. The van der Waals surface area contributed by atoms with Crippen LogP contribution in [0.25, 0.3) is 0 Å². The molecule has 1 aromatic heterocycles. The molecule has 54 valence electrons. The lowest BCUT2D eigenvalue weighted by Crippen LogP contribution is -2.26. The van der Waals surface area contributed by atoms with E-state index in [0.717, 1.165) is 0 Å². The molecule has 0 bridgehead atoms. The van der Waals surface area contributed by atoms with Crippen LogP contribution in [0.1, 0.15) is 5.56 Å². The van der Waals surface area contributed by atoms with E-state index in [2.05, 4.69) is 36.1 Å². The minimum atomic E-state index is 1.25. The van der Waals surface area contributed by atoms with Crippen molar-refractivity contribution >= 4 is 10.2 Å². The Morgan fingerprint density at radius 2 is 2.40 bits per heavy atom. The first kappa shape index (κ1) is 7.47. The van der Waals surface area contributed by atoms with E-state index in [-0.39, 0.29) is 0 Å². The molecule has 1 rings (SSSR count). The zero-order chi connectivity index (χ0) is 7.40. The molecule has 0 N–H and O–H groups in total. The number of aromatic nitrogens is 1. The van der Waals surface area contributed by atoms with Crippen LogP contribution in [0.3, 0.4) is 0 Å². The van der Waals surface area contributed by atoms with Crippen molar-refractivity contribution in [3.63, 3.8) is 0 Å². The Kier molecular flexibility index (Phi) is 2.63. The fourth-order valence-corrected chi connectivity index (χ4v) is 1.66. The van der Waals surface area contributed by atoms with Gasteiger partial charge >= 0.3 is 0 Å². The SMILES string of the molecule is C[n+]1cccc(CC[SiH3])c1. The van der Waals surface area contributed by atoms with Crippen molar-refractivity contribution in [3.8, 4) is 0 Å². The highest BCUT2D eigenvalue weighted by Gasteiger charge is 1.94. The van der Waals surface area contributed by atoms with E-state index in [4.69, 9.17) is 0 Å². The summed E-state index contributed by atoms with van der Waals surface area (Å²) in [4.78, 5) is 0. The van der Waals surface area contributed by atoms with Crippen LogP contribution in [0, 0.1) is 0 Å². The van der Waals surface area contributed by atoms with Crippen LogP contribution < -0.4 is 4.57 Å². The molecular weight excluding hydrogens is 138 g/mol. The van der Waals surface area contributed by atoms with Crippen molar-refractivity contribution < 1.29 is 4.57 Å². The van der Waals surface area contributed by atoms with Crippen LogP contribution in [0.2, 0.25) is 6.04 Å². The van der Waals surface area contributed by atoms with Gasteiger partial charge in [-0.15, -0.1) is 0 Å². The minimum Gasteiger partial charge on any atom is -0.208 e. The van der Waals surface area contributed by atoms with Crippen molar-refractivity contribution in [2.24, 2.45) is 7.05 Å². The number of nitrogens with zero attached hydrogens (tertiary/aromatic N) is 1. The molecule has 0 fully saturated rings. The first-order valence-electron chi connectivity index (χ1n) is 3.77. The summed E-state index contributed by atoms with van der Waals surface area (Å²) in [6, 6.07) is 5.66. The Bertz CT molecular complexity index is 210. The third-order valence-electron chi connectivity index (χ3n) is 1.54. The second-order valence-corrected chi connectivity index (χ2v) is 3.63. The third-order valence-corrected chi connectivity index (χ3v) is 2.04. The van der Waals surface area contributed by atoms with Gasteiger partial charge in [0, 0.05) is 21.9 Å². The number of aryl methyl sites for hydroxylation is 2. The average Bonchev–Trinajstić information content (AvgIpc) is 1.88. The first-order chi connectivity index (χ1) is 4.83. The van der Waals surface area contributed by atoms with Gasteiger partial charge in [-0.05, 0) is 12.5 Å². The van der Waals surface area contributed by atoms with Crippen LogP contribution in [-0.4, -0.2) is 10.2 Å². The maximum absolute atomic E-state index is 2.19. The Morgan fingerprint density at radius 3 is 3.00 bits per heavy atom. The van der Waals surface area contributed by atoms with Crippen LogP contribution >= 0.6 is 0 Å². The lowest BCUT2D eigenvalue weighted by molar-refractivity contribution is -0.671. The van der Waals surface area contributed by atoms with Crippen LogP contribution in [-0.2, 0) is 13.5 Å². The highest BCUT2D eigenvalue weighted by Crippen LogP contribution is 1.96. The normalized spacial score (nSPS) is 10.1. The van der Waals surface area contributed by atoms with E-state index in [1.807, 2.05) is 0 Å². The highest BCUT2D eigenvalue weighted by molar-refractivity contribution is 6.08. The predicted molar refractivity (Wildman–Crippen MR) is 46.1 cm³/mol. The van der Waals surface area contributed by atoms with Crippen molar-refractivity contribution in [1.29, 1.82) is 0 Å². The van der Waals surface area contributed by atoms with E-state index in [9.17, 15) is 0 Å². The summed E-state index contributed by atoms with van der Waals surface area (Å²) in [5.41, 5.74) is 1.46. The lowest BCUT2D eigenvalue weighted by Gasteiger charge is -1.93. The van der Waals surface area contributed by atoms with Gasteiger partial charge in [-0.25, -0.2) is 4.57 Å². The molecular formula is C8H14NSi+. The summed E-state index contributed by atoms with van der Waals surface area (Å²) in [5.74, 6) is 0. The van der Waals surface area contributed by atoms with Crippen molar-refractivity contribution in [2.75, 3.05) is 0 Å². The fraction of sp³-hybridized carbons (Fsp3) is 0.375. The number of hydrogen-bond acceptors (Lipinski definition) is 0. The molecule has 1 heterocycles. The highest BCUT2D eigenvalue weighted by atomic mass is 28.1. The average molecular weight is 152 g/mol. The molecule has 0 unspecified atom stereocenters. The third kappa shape index (κ3) is 1.95. The Balaban J connectivity index is 2.75. The molecule has 1 nitrogen and oxygen atoms in total. The summed E-state index contributed by atoms with van der Waals surface area (Å²) in [5, 5.41) is 0. The van der Waals surface area contributed by atoms with Crippen molar-refractivity contribution in [1.82, 2.24) is 0 Å². The van der Waals surface area contributed by atoms with Gasteiger partial charge < -0.3 is 0 Å². The molecule has 2 heteroatoms. The minimum absolute atomic E-state index is 1.25. The van der Waals surface area contributed by atoms with Crippen molar-refractivity contribution in [2.45, 2.75) is 12.5 Å². The van der Waals surface area contributed by atoms with Gasteiger partial charge in [-0.2, -0.15) is 0 Å². The molecule has 0 aliphatic heterocycles. The Morgan fingerprint density at radius 1 is 1.60 bits per heavy atom. The summed E-state index contributed by atoms with van der Waals surface area (Å²) < 4.78 is 2.10.